The molecule has 1 aliphatic heterocycles. The van der Waals surface area contributed by atoms with Crippen LogP contribution in [0.4, 0.5) is 20.2 Å². The lowest BCUT2D eigenvalue weighted by molar-refractivity contribution is -0.0229. The molecule has 5 nitrogen and oxygen atoms in total. The van der Waals surface area contributed by atoms with Crippen LogP contribution in [-0.2, 0) is 4.74 Å². The zero-order valence-electron chi connectivity index (χ0n) is 17.0. The summed E-state index contributed by atoms with van der Waals surface area (Å²) in [4.78, 5) is 15.0. The minimum atomic E-state index is -0.933. The second-order valence-electron chi connectivity index (χ2n) is 7.19. The fourth-order valence-corrected chi connectivity index (χ4v) is 3.55. The van der Waals surface area contributed by atoms with Crippen molar-refractivity contribution >= 4 is 17.3 Å². The highest BCUT2D eigenvalue weighted by molar-refractivity contribution is 6.00. The van der Waals surface area contributed by atoms with E-state index < -0.39 is 17.7 Å². The molecule has 1 atom stereocenters. The Hall–Kier alpha value is -3.45. The molecule has 1 aliphatic rings. The SMILES string of the molecule is COc1cccc(Nc2ccccc2C(=O)N2CCO[C@H](c3ccc(F)c(F)c3)C2)c1. The molecule has 1 fully saturated rings. The third kappa shape index (κ3) is 4.67. The van der Waals surface area contributed by atoms with Crippen LogP contribution in [0.1, 0.15) is 22.0 Å². The minimum absolute atomic E-state index is 0.165. The van der Waals surface area contributed by atoms with Crippen LogP contribution in [0.5, 0.6) is 5.75 Å². The van der Waals surface area contributed by atoms with E-state index in [1.165, 1.54) is 6.07 Å². The molecule has 0 bridgehead atoms. The second kappa shape index (κ2) is 9.14. The van der Waals surface area contributed by atoms with E-state index in [1.54, 1.807) is 24.1 Å². The van der Waals surface area contributed by atoms with Crippen LogP contribution < -0.4 is 10.1 Å². The maximum atomic E-state index is 13.6. The van der Waals surface area contributed by atoms with Gasteiger partial charge in [-0.15, -0.1) is 0 Å². The number of nitrogens with one attached hydrogen (secondary N) is 1. The van der Waals surface area contributed by atoms with E-state index in [0.717, 1.165) is 17.8 Å². The number of hydrogen-bond acceptors (Lipinski definition) is 4. The molecule has 31 heavy (non-hydrogen) atoms. The molecule has 1 amide bonds. The Labute approximate surface area is 179 Å². The Kier molecular flexibility index (Phi) is 6.13. The second-order valence-corrected chi connectivity index (χ2v) is 7.19. The number of rotatable bonds is 5. The highest BCUT2D eigenvalue weighted by atomic mass is 19.2. The van der Waals surface area contributed by atoms with Gasteiger partial charge < -0.3 is 19.7 Å². The summed E-state index contributed by atoms with van der Waals surface area (Å²) in [6.07, 6.45) is -0.522. The maximum Gasteiger partial charge on any atom is 0.256 e. The minimum Gasteiger partial charge on any atom is -0.497 e. The topological polar surface area (TPSA) is 50.8 Å². The third-order valence-corrected chi connectivity index (χ3v) is 5.18. The molecule has 1 saturated heterocycles. The fraction of sp³-hybridized carbons (Fsp3) is 0.208. The van der Waals surface area contributed by atoms with Crippen LogP contribution in [0.2, 0.25) is 0 Å². The van der Waals surface area contributed by atoms with Gasteiger partial charge >= 0.3 is 0 Å². The van der Waals surface area contributed by atoms with Crippen molar-refractivity contribution in [3.05, 3.63) is 89.5 Å². The molecule has 0 unspecified atom stereocenters. The lowest BCUT2D eigenvalue weighted by Crippen LogP contribution is -2.42. The molecule has 0 spiro atoms. The van der Waals surface area contributed by atoms with E-state index in [1.807, 2.05) is 36.4 Å². The summed E-state index contributed by atoms with van der Waals surface area (Å²) in [6.45, 7) is 0.963. The first kappa shape index (κ1) is 20.8. The van der Waals surface area contributed by atoms with Crippen molar-refractivity contribution in [2.24, 2.45) is 0 Å². The fourth-order valence-electron chi connectivity index (χ4n) is 3.55. The van der Waals surface area contributed by atoms with Gasteiger partial charge in [0.2, 0.25) is 0 Å². The quantitative estimate of drug-likeness (QED) is 0.631. The molecule has 0 aliphatic carbocycles. The molecule has 0 radical (unpaired) electrons. The Morgan fingerprint density at radius 1 is 1.06 bits per heavy atom. The number of carbonyl (C=O) groups excluding carboxylic acids is 1. The summed E-state index contributed by atoms with van der Waals surface area (Å²) in [6, 6.07) is 18.3. The average molecular weight is 424 g/mol. The molecular formula is C24H22F2N2O3. The van der Waals surface area contributed by atoms with Crippen LogP contribution in [0.15, 0.2) is 66.7 Å². The summed E-state index contributed by atoms with van der Waals surface area (Å²) in [5.74, 6) is -1.30. The molecule has 0 saturated carbocycles. The number of ether oxygens (including phenoxy) is 2. The summed E-state index contributed by atoms with van der Waals surface area (Å²) in [5.41, 5.74) is 2.47. The molecule has 4 rings (SSSR count). The lowest BCUT2D eigenvalue weighted by atomic mass is 10.1. The summed E-state index contributed by atoms with van der Waals surface area (Å²) >= 11 is 0. The predicted octanol–water partition coefficient (Wildman–Crippen LogP) is 4.93. The number of morpholine rings is 1. The summed E-state index contributed by atoms with van der Waals surface area (Å²) in [5, 5.41) is 3.27. The largest absolute Gasteiger partial charge is 0.497 e. The van der Waals surface area contributed by atoms with Crippen molar-refractivity contribution in [2.45, 2.75) is 6.10 Å². The number of hydrogen-bond donors (Lipinski definition) is 1. The maximum absolute atomic E-state index is 13.6. The van der Waals surface area contributed by atoms with Crippen LogP contribution in [0.25, 0.3) is 0 Å². The normalized spacial score (nSPS) is 16.1. The van der Waals surface area contributed by atoms with E-state index in [-0.39, 0.29) is 12.5 Å². The van der Waals surface area contributed by atoms with Gasteiger partial charge in [0.25, 0.3) is 5.91 Å². The van der Waals surface area contributed by atoms with Crippen LogP contribution in [-0.4, -0.2) is 37.6 Å². The van der Waals surface area contributed by atoms with Crippen LogP contribution >= 0.6 is 0 Å². The van der Waals surface area contributed by atoms with Gasteiger partial charge in [-0.05, 0) is 42.0 Å². The zero-order valence-corrected chi connectivity index (χ0v) is 17.0. The highest BCUT2D eigenvalue weighted by Gasteiger charge is 2.28. The number of nitrogens with zero attached hydrogens (tertiary/aromatic N) is 1. The first-order valence-electron chi connectivity index (χ1n) is 9.91. The molecule has 160 valence electrons. The first-order valence-corrected chi connectivity index (χ1v) is 9.91. The van der Waals surface area contributed by atoms with E-state index in [9.17, 15) is 13.6 Å². The lowest BCUT2D eigenvalue weighted by Gasteiger charge is -2.33. The van der Waals surface area contributed by atoms with Gasteiger partial charge in [-0.1, -0.05) is 24.3 Å². The predicted molar refractivity (Wildman–Crippen MR) is 114 cm³/mol. The van der Waals surface area contributed by atoms with E-state index in [0.29, 0.717) is 35.7 Å². The molecule has 3 aromatic carbocycles. The van der Waals surface area contributed by atoms with Crippen molar-refractivity contribution < 1.29 is 23.0 Å². The van der Waals surface area contributed by atoms with Crippen molar-refractivity contribution in [1.29, 1.82) is 0 Å². The number of carbonyl (C=O) groups is 1. The van der Waals surface area contributed by atoms with Gasteiger partial charge in [-0.3, -0.25) is 4.79 Å². The molecule has 0 aromatic heterocycles. The van der Waals surface area contributed by atoms with E-state index in [2.05, 4.69) is 5.32 Å². The number of amides is 1. The van der Waals surface area contributed by atoms with Crippen LogP contribution in [0, 0.1) is 11.6 Å². The monoisotopic (exact) mass is 424 g/mol. The van der Waals surface area contributed by atoms with Gasteiger partial charge in [-0.25, -0.2) is 8.78 Å². The average Bonchev–Trinajstić information content (AvgIpc) is 2.81. The number of anilines is 2. The Bertz CT molecular complexity index is 1090. The standard InChI is InChI=1S/C24H22F2N2O3/c1-30-18-6-4-5-17(14-18)27-22-8-3-2-7-19(22)24(29)28-11-12-31-23(15-28)16-9-10-20(25)21(26)13-16/h2-10,13-14,23,27H,11-12,15H2,1H3/t23-/m0/s1. The van der Waals surface area contributed by atoms with Gasteiger partial charge in [0.05, 0.1) is 31.5 Å². The van der Waals surface area contributed by atoms with Crippen LogP contribution in [0.3, 0.4) is 0 Å². The Morgan fingerprint density at radius 2 is 1.90 bits per heavy atom. The smallest absolute Gasteiger partial charge is 0.256 e. The van der Waals surface area contributed by atoms with E-state index in [4.69, 9.17) is 9.47 Å². The number of halogens is 2. The summed E-state index contributed by atoms with van der Waals surface area (Å²) in [7, 11) is 1.60. The van der Waals surface area contributed by atoms with E-state index >= 15 is 0 Å². The molecule has 3 aromatic rings. The Balaban J connectivity index is 1.54. The van der Waals surface area contributed by atoms with Crippen molar-refractivity contribution in [2.75, 3.05) is 32.1 Å². The van der Waals surface area contributed by atoms with Gasteiger partial charge in [0.15, 0.2) is 11.6 Å². The number of benzene rings is 3. The molecule has 7 heteroatoms. The van der Waals surface area contributed by atoms with Crippen molar-refractivity contribution in [1.82, 2.24) is 4.90 Å². The molecule has 1 N–H and O–H groups in total. The third-order valence-electron chi connectivity index (χ3n) is 5.18. The van der Waals surface area contributed by atoms with Gasteiger partial charge in [0.1, 0.15) is 11.9 Å². The van der Waals surface area contributed by atoms with Gasteiger partial charge in [-0.2, -0.15) is 0 Å². The first-order chi connectivity index (χ1) is 15.0. The van der Waals surface area contributed by atoms with Crippen molar-refractivity contribution in [3.8, 4) is 5.75 Å². The van der Waals surface area contributed by atoms with Crippen molar-refractivity contribution in [3.63, 3.8) is 0 Å². The Morgan fingerprint density at radius 3 is 2.71 bits per heavy atom. The molecular weight excluding hydrogens is 402 g/mol. The summed E-state index contributed by atoms with van der Waals surface area (Å²) < 4.78 is 37.9. The highest BCUT2D eigenvalue weighted by Crippen LogP contribution is 2.28. The van der Waals surface area contributed by atoms with Gasteiger partial charge in [0, 0.05) is 18.3 Å². The molecule has 1 heterocycles. The number of methoxy groups -OCH3 is 1. The number of para-hydroxylation sites is 1. The zero-order chi connectivity index (χ0) is 21.8.